The first-order chi connectivity index (χ1) is 9.24. The van der Waals surface area contributed by atoms with Crippen LogP contribution in [-0.4, -0.2) is 42.7 Å². The van der Waals surface area contributed by atoms with Crippen molar-refractivity contribution in [3.8, 4) is 0 Å². The number of nitrogens with zero attached hydrogens (tertiary/aromatic N) is 2. The van der Waals surface area contributed by atoms with Crippen molar-refractivity contribution in [3.05, 3.63) is 15.6 Å². The van der Waals surface area contributed by atoms with Gasteiger partial charge in [-0.1, -0.05) is 13.8 Å². The molecule has 108 valence electrons. The van der Waals surface area contributed by atoms with E-state index in [1.807, 2.05) is 0 Å². The van der Waals surface area contributed by atoms with Crippen LogP contribution in [0.3, 0.4) is 0 Å². The summed E-state index contributed by atoms with van der Waals surface area (Å²) in [5, 5.41) is 4.51. The second kappa shape index (κ2) is 7.33. The van der Waals surface area contributed by atoms with Crippen LogP contribution in [0.5, 0.6) is 0 Å². The number of hydrogen-bond acceptors (Lipinski definition) is 5. The van der Waals surface area contributed by atoms with E-state index in [1.165, 1.54) is 11.3 Å². The number of morpholine rings is 1. The van der Waals surface area contributed by atoms with Crippen LogP contribution in [0.1, 0.15) is 42.0 Å². The van der Waals surface area contributed by atoms with Crippen LogP contribution in [0.2, 0.25) is 0 Å². The Hall–Kier alpha value is -0.490. The summed E-state index contributed by atoms with van der Waals surface area (Å²) in [6.07, 6.45) is 1.37. The van der Waals surface area contributed by atoms with E-state index in [0.29, 0.717) is 0 Å². The summed E-state index contributed by atoms with van der Waals surface area (Å²) in [7, 11) is 0. The van der Waals surface area contributed by atoms with Crippen LogP contribution >= 0.6 is 11.3 Å². The average molecular weight is 283 g/mol. The van der Waals surface area contributed by atoms with E-state index in [9.17, 15) is 0 Å². The van der Waals surface area contributed by atoms with Gasteiger partial charge in [-0.2, -0.15) is 0 Å². The fraction of sp³-hybridized carbons (Fsp3) is 0.786. The van der Waals surface area contributed by atoms with Gasteiger partial charge in [-0.25, -0.2) is 4.98 Å². The van der Waals surface area contributed by atoms with E-state index >= 15 is 0 Å². The summed E-state index contributed by atoms with van der Waals surface area (Å²) in [6.45, 7) is 12.4. The minimum Gasteiger partial charge on any atom is -0.368 e. The first kappa shape index (κ1) is 14.9. The van der Waals surface area contributed by atoms with Crippen molar-refractivity contribution < 1.29 is 4.74 Å². The Morgan fingerprint density at radius 2 is 2.32 bits per heavy atom. The van der Waals surface area contributed by atoms with Crippen LogP contribution in [0.15, 0.2) is 0 Å². The molecule has 4 nitrogen and oxygen atoms in total. The summed E-state index contributed by atoms with van der Waals surface area (Å²) in [5.41, 5.74) is 1.15. The molecule has 19 heavy (non-hydrogen) atoms. The predicted octanol–water partition coefficient (Wildman–Crippen LogP) is 2.34. The fourth-order valence-corrected chi connectivity index (χ4v) is 3.44. The fourth-order valence-electron chi connectivity index (χ4n) is 2.36. The molecule has 0 radical (unpaired) electrons. The molecule has 1 fully saturated rings. The average Bonchev–Trinajstić information content (AvgIpc) is 2.79. The van der Waals surface area contributed by atoms with Crippen molar-refractivity contribution in [1.29, 1.82) is 0 Å². The molecule has 5 heteroatoms. The van der Waals surface area contributed by atoms with E-state index in [-0.39, 0.29) is 6.10 Å². The highest BCUT2D eigenvalue weighted by molar-refractivity contribution is 7.11. The zero-order chi connectivity index (χ0) is 13.7. The standard InChI is InChI=1S/C14H25N3OS/c1-4-6-17-7-8-18-12(10-17)14-16-11(3)13(19-14)9-15-5-2/h12,15H,4-10H2,1-3H3. The molecule has 2 rings (SSSR count). The van der Waals surface area contributed by atoms with Gasteiger partial charge in [0, 0.05) is 24.5 Å². The van der Waals surface area contributed by atoms with Gasteiger partial charge in [0.05, 0.1) is 12.3 Å². The molecule has 1 N–H and O–H groups in total. The third-order valence-corrected chi connectivity index (χ3v) is 4.66. The molecule has 1 aliphatic rings. The molecule has 1 atom stereocenters. The first-order valence-electron chi connectivity index (χ1n) is 7.25. The van der Waals surface area contributed by atoms with Gasteiger partial charge in [0.1, 0.15) is 11.1 Å². The summed E-state index contributed by atoms with van der Waals surface area (Å²) < 4.78 is 5.90. The molecule has 0 aliphatic carbocycles. The van der Waals surface area contributed by atoms with E-state index < -0.39 is 0 Å². The molecule has 0 saturated carbocycles. The molecule has 1 saturated heterocycles. The van der Waals surface area contributed by atoms with E-state index in [0.717, 1.165) is 50.0 Å². The number of aromatic nitrogens is 1. The van der Waals surface area contributed by atoms with Crippen molar-refractivity contribution in [2.75, 3.05) is 32.8 Å². The number of aryl methyl sites for hydroxylation is 1. The van der Waals surface area contributed by atoms with Crippen molar-refractivity contribution >= 4 is 11.3 Å². The van der Waals surface area contributed by atoms with Crippen molar-refractivity contribution in [2.24, 2.45) is 0 Å². The van der Waals surface area contributed by atoms with Gasteiger partial charge in [-0.05, 0) is 26.4 Å². The summed E-state index contributed by atoms with van der Waals surface area (Å²) in [6, 6.07) is 0. The largest absolute Gasteiger partial charge is 0.368 e. The Labute approximate surface area is 120 Å². The Morgan fingerprint density at radius 3 is 3.05 bits per heavy atom. The lowest BCUT2D eigenvalue weighted by Crippen LogP contribution is -2.38. The quantitative estimate of drug-likeness (QED) is 0.869. The second-order valence-electron chi connectivity index (χ2n) is 5.00. The van der Waals surface area contributed by atoms with Gasteiger partial charge in [-0.3, -0.25) is 4.90 Å². The second-order valence-corrected chi connectivity index (χ2v) is 6.12. The molecule has 0 spiro atoms. The number of ether oxygens (including phenoxy) is 1. The minimum atomic E-state index is 0.166. The van der Waals surface area contributed by atoms with Crippen LogP contribution in [-0.2, 0) is 11.3 Å². The SMILES string of the molecule is CCCN1CCOC(c2nc(C)c(CNCC)s2)C1. The predicted molar refractivity (Wildman–Crippen MR) is 79.7 cm³/mol. The Bertz CT molecular complexity index is 392. The lowest BCUT2D eigenvalue weighted by molar-refractivity contribution is -0.0299. The van der Waals surface area contributed by atoms with Crippen molar-refractivity contribution in [2.45, 2.75) is 39.8 Å². The van der Waals surface area contributed by atoms with Crippen molar-refractivity contribution in [3.63, 3.8) is 0 Å². The van der Waals surface area contributed by atoms with Gasteiger partial charge in [0.15, 0.2) is 0 Å². The molecule has 2 heterocycles. The molecular weight excluding hydrogens is 258 g/mol. The summed E-state index contributed by atoms with van der Waals surface area (Å²) in [5.74, 6) is 0. The minimum absolute atomic E-state index is 0.166. The Morgan fingerprint density at radius 1 is 1.47 bits per heavy atom. The zero-order valence-electron chi connectivity index (χ0n) is 12.2. The first-order valence-corrected chi connectivity index (χ1v) is 8.07. The maximum absolute atomic E-state index is 5.90. The number of hydrogen-bond donors (Lipinski definition) is 1. The van der Waals surface area contributed by atoms with Gasteiger partial charge in [-0.15, -0.1) is 11.3 Å². The molecule has 1 unspecified atom stereocenters. The molecular formula is C14H25N3OS. The van der Waals surface area contributed by atoms with Crippen LogP contribution < -0.4 is 5.32 Å². The van der Waals surface area contributed by atoms with Crippen molar-refractivity contribution in [1.82, 2.24) is 15.2 Å². The van der Waals surface area contributed by atoms with Gasteiger partial charge in [0.25, 0.3) is 0 Å². The summed E-state index contributed by atoms with van der Waals surface area (Å²) >= 11 is 1.80. The maximum atomic E-state index is 5.90. The lowest BCUT2D eigenvalue weighted by Gasteiger charge is -2.31. The van der Waals surface area contributed by atoms with Gasteiger partial charge < -0.3 is 10.1 Å². The lowest BCUT2D eigenvalue weighted by atomic mass is 10.2. The topological polar surface area (TPSA) is 37.4 Å². The molecule has 1 aromatic rings. The maximum Gasteiger partial charge on any atom is 0.123 e. The molecule has 0 bridgehead atoms. The highest BCUT2D eigenvalue weighted by Gasteiger charge is 2.24. The van der Waals surface area contributed by atoms with E-state index in [4.69, 9.17) is 9.72 Å². The van der Waals surface area contributed by atoms with Crippen LogP contribution in [0.25, 0.3) is 0 Å². The third-order valence-electron chi connectivity index (χ3n) is 3.41. The normalized spacial score (nSPS) is 20.9. The third kappa shape index (κ3) is 3.99. The molecule has 0 amide bonds. The number of thiazole rings is 1. The summed E-state index contributed by atoms with van der Waals surface area (Å²) in [4.78, 5) is 8.53. The monoisotopic (exact) mass is 283 g/mol. The molecule has 1 aliphatic heterocycles. The van der Waals surface area contributed by atoms with E-state index in [2.05, 4.69) is 31.0 Å². The van der Waals surface area contributed by atoms with E-state index in [1.54, 1.807) is 11.3 Å². The molecule has 0 aromatic carbocycles. The highest BCUT2D eigenvalue weighted by Crippen LogP contribution is 2.28. The van der Waals surface area contributed by atoms with Gasteiger partial charge >= 0.3 is 0 Å². The van der Waals surface area contributed by atoms with Gasteiger partial charge in [0.2, 0.25) is 0 Å². The Kier molecular flexibility index (Phi) is 5.76. The molecule has 1 aromatic heterocycles. The smallest absolute Gasteiger partial charge is 0.123 e. The van der Waals surface area contributed by atoms with Crippen LogP contribution in [0.4, 0.5) is 0 Å². The Balaban J connectivity index is 2.00. The highest BCUT2D eigenvalue weighted by atomic mass is 32.1. The number of nitrogens with one attached hydrogen (secondary N) is 1. The number of rotatable bonds is 6. The zero-order valence-corrected chi connectivity index (χ0v) is 13.1. The van der Waals surface area contributed by atoms with Crippen LogP contribution in [0, 0.1) is 6.92 Å².